The van der Waals surface area contributed by atoms with Gasteiger partial charge in [-0.1, -0.05) is 68.8 Å². The smallest absolute Gasteiger partial charge is 0.407 e. The molecule has 1 fully saturated rings. The van der Waals surface area contributed by atoms with E-state index in [0.29, 0.717) is 12.8 Å². The highest BCUT2D eigenvalue weighted by molar-refractivity contribution is 5.86. The van der Waals surface area contributed by atoms with Crippen LogP contribution in [0.3, 0.4) is 0 Å². The minimum Gasteiger partial charge on any atom is -0.481 e. The molecule has 0 saturated heterocycles. The Morgan fingerprint density at radius 1 is 1.00 bits per heavy atom. The molecule has 7 heteroatoms. The molecule has 7 nitrogen and oxygen atoms in total. The first-order valence-electron chi connectivity index (χ1n) is 12.0. The molecule has 0 heterocycles. The topological polar surface area (TPSA) is 105 Å². The third-order valence-corrected chi connectivity index (χ3v) is 6.94. The Morgan fingerprint density at radius 2 is 1.62 bits per heavy atom. The number of carbonyl (C=O) groups excluding carboxylic acids is 2. The first-order valence-corrected chi connectivity index (χ1v) is 12.0. The van der Waals surface area contributed by atoms with Crippen molar-refractivity contribution >= 4 is 18.0 Å². The second kappa shape index (κ2) is 10.3. The summed E-state index contributed by atoms with van der Waals surface area (Å²) in [6, 6.07) is 15.3. The molecule has 180 valence electrons. The molecule has 3 atom stereocenters. The second-order valence-electron chi connectivity index (χ2n) is 9.60. The SMILES string of the molecule is CC(C)C(NC(=O)OCC1c2ccccc2-c2ccccc21)C(=O)N[C@H]1CCC[C@@H](C(=O)O)C1. The Bertz CT molecular complexity index is 1020. The minimum absolute atomic E-state index is 0.0559. The highest BCUT2D eigenvalue weighted by atomic mass is 16.5. The zero-order valence-corrected chi connectivity index (χ0v) is 19.6. The van der Waals surface area contributed by atoms with Crippen molar-refractivity contribution in [1.82, 2.24) is 10.6 Å². The van der Waals surface area contributed by atoms with E-state index in [9.17, 15) is 19.5 Å². The van der Waals surface area contributed by atoms with Crippen molar-refractivity contribution in [3.05, 3.63) is 59.7 Å². The lowest BCUT2D eigenvalue weighted by molar-refractivity contribution is -0.143. The van der Waals surface area contributed by atoms with Crippen molar-refractivity contribution in [3.8, 4) is 11.1 Å². The average Bonchev–Trinajstić information content (AvgIpc) is 3.15. The predicted octanol–water partition coefficient (Wildman–Crippen LogP) is 4.31. The Kier molecular flexibility index (Phi) is 7.20. The number of aliphatic carboxylic acids is 1. The molecule has 3 N–H and O–H groups in total. The van der Waals surface area contributed by atoms with Gasteiger partial charge in [0, 0.05) is 12.0 Å². The van der Waals surface area contributed by atoms with Crippen LogP contribution in [0.4, 0.5) is 4.79 Å². The van der Waals surface area contributed by atoms with Gasteiger partial charge in [-0.3, -0.25) is 9.59 Å². The summed E-state index contributed by atoms with van der Waals surface area (Å²) < 4.78 is 5.60. The van der Waals surface area contributed by atoms with E-state index in [1.165, 1.54) is 0 Å². The Balaban J connectivity index is 1.36. The van der Waals surface area contributed by atoms with Crippen molar-refractivity contribution in [2.75, 3.05) is 6.61 Å². The molecular formula is C27H32N2O5. The number of hydrogen-bond acceptors (Lipinski definition) is 4. The van der Waals surface area contributed by atoms with Gasteiger partial charge in [0.2, 0.25) is 5.91 Å². The lowest BCUT2D eigenvalue weighted by Gasteiger charge is -2.30. The summed E-state index contributed by atoms with van der Waals surface area (Å²) in [5.74, 6) is -1.78. The molecule has 2 aliphatic carbocycles. The lowest BCUT2D eigenvalue weighted by atomic mass is 9.85. The van der Waals surface area contributed by atoms with Gasteiger partial charge in [0.25, 0.3) is 0 Å². The number of hydrogen-bond donors (Lipinski definition) is 3. The number of nitrogens with one attached hydrogen (secondary N) is 2. The monoisotopic (exact) mass is 464 g/mol. The Labute approximate surface area is 199 Å². The summed E-state index contributed by atoms with van der Waals surface area (Å²) in [6.45, 7) is 3.89. The normalized spacial score (nSPS) is 20.2. The molecule has 0 aliphatic heterocycles. The van der Waals surface area contributed by atoms with Gasteiger partial charge < -0.3 is 20.5 Å². The number of carboxylic acid groups (broad SMARTS) is 1. The van der Waals surface area contributed by atoms with E-state index < -0.39 is 24.0 Å². The number of carbonyl (C=O) groups is 3. The minimum atomic E-state index is -0.823. The molecular weight excluding hydrogens is 432 g/mol. The standard InChI is InChI=1S/C27H32N2O5/c1-16(2)24(25(30)28-18-9-7-8-17(14-18)26(31)32)29-27(33)34-15-23-21-12-5-3-10-19(21)20-11-4-6-13-22(20)23/h3-6,10-13,16-18,23-24H,7-9,14-15H2,1-2H3,(H,28,30)(H,29,33)(H,31,32)/t17-,18+,24?/m1/s1. The maximum atomic E-state index is 12.9. The Hall–Kier alpha value is -3.35. The summed E-state index contributed by atoms with van der Waals surface area (Å²) in [5.41, 5.74) is 4.55. The molecule has 34 heavy (non-hydrogen) atoms. The van der Waals surface area contributed by atoms with E-state index >= 15 is 0 Å². The van der Waals surface area contributed by atoms with E-state index in [1.54, 1.807) is 0 Å². The number of carboxylic acids is 1. The molecule has 0 aromatic heterocycles. The van der Waals surface area contributed by atoms with Gasteiger partial charge in [-0.25, -0.2) is 4.79 Å². The third-order valence-electron chi connectivity index (χ3n) is 6.94. The fraction of sp³-hybridized carbons (Fsp3) is 0.444. The van der Waals surface area contributed by atoms with Gasteiger partial charge in [0.15, 0.2) is 0 Å². The largest absolute Gasteiger partial charge is 0.481 e. The van der Waals surface area contributed by atoms with Crippen LogP contribution in [0.15, 0.2) is 48.5 Å². The molecule has 4 rings (SSSR count). The summed E-state index contributed by atoms with van der Waals surface area (Å²) in [5, 5.41) is 15.0. The van der Waals surface area contributed by atoms with Crippen molar-refractivity contribution in [3.63, 3.8) is 0 Å². The van der Waals surface area contributed by atoms with E-state index in [0.717, 1.165) is 35.1 Å². The van der Waals surface area contributed by atoms with Gasteiger partial charge in [-0.2, -0.15) is 0 Å². The molecule has 0 spiro atoms. The number of ether oxygens (including phenoxy) is 1. The van der Waals surface area contributed by atoms with Crippen molar-refractivity contribution in [2.45, 2.75) is 57.5 Å². The van der Waals surface area contributed by atoms with Crippen LogP contribution in [-0.2, 0) is 14.3 Å². The van der Waals surface area contributed by atoms with Gasteiger partial charge in [0.1, 0.15) is 12.6 Å². The van der Waals surface area contributed by atoms with Crippen LogP contribution in [0.2, 0.25) is 0 Å². The maximum absolute atomic E-state index is 12.9. The summed E-state index contributed by atoms with van der Waals surface area (Å²) in [6.07, 6.45) is 1.91. The van der Waals surface area contributed by atoms with Gasteiger partial charge >= 0.3 is 12.1 Å². The number of benzene rings is 2. The highest BCUT2D eigenvalue weighted by Crippen LogP contribution is 2.44. The molecule has 1 unspecified atom stereocenters. The van der Waals surface area contributed by atoms with Crippen LogP contribution in [0.25, 0.3) is 11.1 Å². The van der Waals surface area contributed by atoms with Gasteiger partial charge in [-0.15, -0.1) is 0 Å². The molecule has 2 aromatic rings. The van der Waals surface area contributed by atoms with E-state index in [-0.39, 0.29) is 30.4 Å². The summed E-state index contributed by atoms with van der Waals surface area (Å²) in [7, 11) is 0. The lowest BCUT2D eigenvalue weighted by Crippen LogP contribution is -2.53. The molecule has 2 aliphatic rings. The van der Waals surface area contributed by atoms with Crippen molar-refractivity contribution < 1.29 is 24.2 Å². The number of alkyl carbamates (subject to hydrolysis) is 1. The van der Waals surface area contributed by atoms with E-state index in [4.69, 9.17) is 4.74 Å². The van der Waals surface area contributed by atoms with Crippen LogP contribution in [0.1, 0.15) is 56.6 Å². The first kappa shape index (κ1) is 23.8. The zero-order valence-electron chi connectivity index (χ0n) is 19.6. The molecule has 2 aromatic carbocycles. The molecule has 0 bridgehead atoms. The van der Waals surface area contributed by atoms with Gasteiger partial charge in [-0.05, 0) is 47.4 Å². The van der Waals surface area contributed by atoms with Crippen LogP contribution in [0, 0.1) is 11.8 Å². The second-order valence-corrected chi connectivity index (χ2v) is 9.60. The van der Waals surface area contributed by atoms with E-state index in [1.807, 2.05) is 38.1 Å². The zero-order chi connectivity index (χ0) is 24.2. The molecule has 2 amide bonds. The van der Waals surface area contributed by atoms with Crippen molar-refractivity contribution in [1.29, 1.82) is 0 Å². The fourth-order valence-corrected chi connectivity index (χ4v) is 5.14. The Morgan fingerprint density at radius 3 is 2.21 bits per heavy atom. The molecule has 1 saturated carbocycles. The number of fused-ring (bicyclic) bond motifs is 3. The highest BCUT2D eigenvalue weighted by Gasteiger charge is 2.32. The predicted molar refractivity (Wildman–Crippen MR) is 128 cm³/mol. The van der Waals surface area contributed by atoms with Gasteiger partial charge in [0.05, 0.1) is 5.92 Å². The first-order chi connectivity index (χ1) is 16.3. The van der Waals surface area contributed by atoms with Crippen LogP contribution in [-0.4, -0.2) is 41.8 Å². The average molecular weight is 465 g/mol. The number of amides is 2. The van der Waals surface area contributed by atoms with Crippen LogP contribution < -0.4 is 10.6 Å². The van der Waals surface area contributed by atoms with Crippen LogP contribution in [0.5, 0.6) is 0 Å². The maximum Gasteiger partial charge on any atom is 0.407 e. The van der Waals surface area contributed by atoms with E-state index in [2.05, 4.69) is 34.9 Å². The third kappa shape index (κ3) is 5.08. The summed E-state index contributed by atoms with van der Waals surface area (Å²) >= 11 is 0. The summed E-state index contributed by atoms with van der Waals surface area (Å²) in [4.78, 5) is 36.9. The fourth-order valence-electron chi connectivity index (χ4n) is 5.14. The molecule has 0 radical (unpaired) electrons. The quantitative estimate of drug-likeness (QED) is 0.566. The van der Waals surface area contributed by atoms with Crippen molar-refractivity contribution in [2.24, 2.45) is 11.8 Å². The number of rotatable bonds is 7. The van der Waals surface area contributed by atoms with Crippen LogP contribution >= 0.6 is 0 Å².